The molecule has 24 heavy (non-hydrogen) atoms. The number of hydrogen-bond acceptors (Lipinski definition) is 4. The van der Waals surface area contributed by atoms with E-state index in [1.165, 1.54) is 6.33 Å². The van der Waals surface area contributed by atoms with Crippen molar-refractivity contribution in [1.82, 2.24) is 14.5 Å². The van der Waals surface area contributed by atoms with Crippen LogP contribution in [0.1, 0.15) is 23.9 Å². The quantitative estimate of drug-likeness (QED) is 0.724. The van der Waals surface area contributed by atoms with Gasteiger partial charge in [-0.25, -0.2) is 19.3 Å². The summed E-state index contributed by atoms with van der Waals surface area (Å²) in [5, 5.41) is 10.6. The van der Waals surface area contributed by atoms with Crippen molar-refractivity contribution in [3.63, 3.8) is 0 Å². The maximum atomic E-state index is 13.2. The molecule has 3 heterocycles. The summed E-state index contributed by atoms with van der Waals surface area (Å²) in [7, 11) is 1.79. The van der Waals surface area contributed by atoms with Gasteiger partial charge in [-0.3, -0.25) is 0 Å². The van der Waals surface area contributed by atoms with E-state index >= 15 is 0 Å². The number of aromatic nitrogens is 4. The Balaban J connectivity index is 1.98. The van der Waals surface area contributed by atoms with Gasteiger partial charge in [-0.15, -0.1) is 0 Å². The number of rotatable bonds is 2. The van der Waals surface area contributed by atoms with Gasteiger partial charge < -0.3 is 5.11 Å². The molecule has 0 aliphatic carbocycles. The highest BCUT2D eigenvalue weighted by Crippen LogP contribution is 2.31. The maximum Gasteiger partial charge on any atom is 0.349 e. The predicted octanol–water partition coefficient (Wildman–Crippen LogP) is 1.37. The van der Waals surface area contributed by atoms with Crippen LogP contribution in [0.2, 0.25) is 0 Å². The molecule has 1 N–H and O–H groups in total. The molecule has 1 atom stereocenters. The molecular weight excluding hydrogens is 304 g/mol. The molecule has 0 spiro atoms. The van der Waals surface area contributed by atoms with Gasteiger partial charge in [0.1, 0.15) is 12.4 Å². The monoisotopic (exact) mass is 321 g/mol. The van der Waals surface area contributed by atoms with Crippen molar-refractivity contribution >= 4 is 0 Å². The number of hydrogen-bond donors (Lipinski definition) is 1. The first-order chi connectivity index (χ1) is 11.7. The van der Waals surface area contributed by atoms with Gasteiger partial charge in [-0.1, -0.05) is 30.3 Å². The number of nitrogens with zero attached hydrogens (tertiary/aromatic N) is 4. The average Bonchev–Trinajstić information content (AvgIpc) is 3.07. The van der Waals surface area contributed by atoms with E-state index in [0.29, 0.717) is 17.5 Å². The Morgan fingerprint density at radius 1 is 1.21 bits per heavy atom. The first-order valence-electron chi connectivity index (χ1n) is 7.85. The van der Waals surface area contributed by atoms with Crippen LogP contribution in [0.3, 0.4) is 0 Å². The van der Waals surface area contributed by atoms with Gasteiger partial charge in [0.05, 0.1) is 13.5 Å². The fourth-order valence-electron chi connectivity index (χ4n) is 3.45. The van der Waals surface area contributed by atoms with Crippen molar-refractivity contribution < 1.29 is 9.67 Å². The van der Waals surface area contributed by atoms with E-state index in [4.69, 9.17) is 0 Å². The highest BCUT2D eigenvalue weighted by molar-refractivity contribution is 5.66. The minimum absolute atomic E-state index is 0.00223. The Hall–Kier alpha value is -3.02. The third kappa shape index (κ3) is 2.11. The third-order valence-corrected chi connectivity index (χ3v) is 4.62. The molecule has 0 saturated heterocycles. The summed E-state index contributed by atoms with van der Waals surface area (Å²) in [6.07, 6.45) is 6.47. The molecule has 0 fully saturated rings. The topological polar surface area (TPSA) is 71.9 Å². The van der Waals surface area contributed by atoms with Crippen LogP contribution in [0.5, 0.6) is 5.88 Å². The second kappa shape index (κ2) is 5.56. The van der Waals surface area contributed by atoms with E-state index in [0.717, 1.165) is 17.8 Å². The average molecular weight is 321 g/mol. The molecule has 4 rings (SSSR count). The predicted molar refractivity (Wildman–Crippen MR) is 87.5 cm³/mol. The van der Waals surface area contributed by atoms with Crippen molar-refractivity contribution in [1.29, 1.82) is 0 Å². The van der Waals surface area contributed by atoms with Gasteiger partial charge in [0.15, 0.2) is 5.56 Å². The summed E-state index contributed by atoms with van der Waals surface area (Å²) in [4.78, 5) is 21.3. The number of aromatic hydroxyl groups is 1. The first-order valence-corrected chi connectivity index (χ1v) is 7.85. The zero-order chi connectivity index (χ0) is 16.7. The summed E-state index contributed by atoms with van der Waals surface area (Å²) < 4.78 is 3.47. The molecule has 6 nitrogen and oxygen atoms in total. The Bertz CT molecular complexity index is 952. The third-order valence-electron chi connectivity index (χ3n) is 4.62. The molecule has 120 valence electrons. The van der Waals surface area contributed by atoms with Gasteiger partial charge >= 0.3 is 5.56 Å². The molecule has 1 aromatic carbocycles. The molecule has 0 bridgehead atoms. The minimum Gasteiger partial charge on any atom is -0.477 e. The molecule has 6 heteroatoms. The lowest BCUT2D eigenvalue weighted by molar-refractivity contribution is -0.688. The highest BCUT2D eigenvalue weighted by atomic mass is 16.3. The summed E-state index contributed by atoms with van der Waals surface area (Å²) in [5.41, 5.74) is 1.76. The Morgan fingerprint density at radius 3 is 2.62 bits per heavy atom. The zero-order valence-electron chi connectivity index (χ0n) is 13.3. The molecule has 1 aliphatic heterocycles. The highest BCUT2D eigenvalue weighted by Gasteiger charge is 2.37. The molecule has 0 radical (unpaired) electrons. The second-order valence-electron chi connectivity index (χ2n) is 5.94. The van der Waals surface area contributed by atoms with Crippen LogP contribution in [-0.4, -0.2) is 19.6 Å². The zero-order valence-corrected chi connectivity index (χ0v) is 13.3. The van der Waals surface area contributed by atoms with Crippen molar-refractivity contribution in [3.8, 4) is 17.0 Å². The molecule has 1 unspecified atom stereocenters. The van der Waals surface area contributed by atoms with Gasteiger partial charge in [0.25, 0.3) is 11.7 Å². The van der Waals surface area contributed by atoms with Crippen LogP contribution in [0.25, 0.3) is 11.1 Å². The lowest BCUT2D eigenvalue weighted by atomic mass is 10.1. The van der Waals surface area contributed by atoms with Crippen LogP contribution in [0, 0.1) is 0 Å². The molecule has 2 aromatic heterocycles. The van der Waals surface area contributed by atoms with Crippen LogP contribution < -0.4 is 10.1 Å². The van der Waals surface area contributed by atoms with Crippen molar-refractivity contribution in [2.24, 2.45) is 7.05 Å². The first kappa shape index (κ1) is 14.6. The lowest BCUT2D eigenvalue weighted by Gasteiger charge is -2.12. The van der Waals surface area contributed by atoms with Crippen LogP contribution in [0.15, 0.2) is 53.8 Å². The van der Waals surface area contributed by atoms with E-state index in [9.17, 15) is 9.90 Å². The van der Waals surface area contributed by atoms with E-state index in [1.54, 1.807) is 28.6 Å². The molecule has 3 aromatic rings. The van der Waals surface area contributed by atoms with Crippen molar-refractivity contribution in [3.05, 3.63) is 70.8 Å². The van der Waals surface area contributed by atoms with Crippen LogP contribution >= 0.6 is 0 Å². The number of fused-ring (bicyclic) bond motifs is 1. The van der Waals surface area contributed by atoms with E-state index in [2.05, 4.69) is 9.97 Å². The summed E-state index contributed by atoms with van der Waals surface area (Å²) in [6, 6.07) is 9.15. The summed E-state index contributed by atoms with van der Waals surface area (Å²) >= 11 is 0. The minimum atomic E-state index is -0.182. The normalized spacial score (nSPS) is 16.1. The van der Waals surface area contributed by atoms with Gasteiger partial charge in [0.2, 0.25) is 0 Å². The molecular formula is C18H17N4O2+. The van der Waals surface area contributed by atoms with Gasteiger partial charge in [-0.2, -0.15) is 4.57 Å². The van der Waals surface area contributed by atoms with Crippen molar-refractivity contribution in [2.75, 3.05) is 0 Å². The summed E-state index contributed by atoms with van der Waals surface area (Å²) in [5.74, 6) is 0.813. The second-order valence-corrected chi connectivity index (χ2v) is 5.94. The largest absolute Gasteiger partial charge is 0.477 e. The smallest absolute Gasteiger partial charge is 0.349 e. The van der Waals surface area contributed by atoms with Gasteiger partial charge in [0, 0.05) is 24.4 Å². The SMILES string of the molecule is C[n+]1c(O)c(-c2ccccc2)c(=O)n2c1CCC2c1cncnc1. The Labute approximate surface area is 138 Å². The Morgan fingerprint density at radius 2 is 1.92 bits per heavy atom. The van der Waals surface area contributed by atoms with Gasteiger partial charge in [-0.05, 0) is 5.56 Å². The van der Waals surface area contributed by atoms with Crippen molar-refractivity contribution in [2.45, 2.75) is 18.9 Å². The van der Waals surface area contributed by atoms with E-state index < -0.39 is 0 Å². The maximum absolute atomic E-state index is 13.2. The standard InChI is InChI=1S/C18H16N4O2/c1-21-15-8-7-14(13-9-19-11-20-10-13)22(15)18(24)16(17(21)23)12-5-3-2-4-6-12/h2-6,9-11,14H,7-8H2,1H3/p+1. The number of benzene rings is 1. The van der Waals surface area contributed by atoms with E-state index in [-0.39, 0.29) is 17.5 Å². The Kier molecular flexibility index (Phi) is 3.37. The van der Waals surface area contributed by atoms with Crippen LogP contribution in [0.4, 0.5) is 0 Å². The lowest BCUT2D eigenvalue weighted by Crippen LogP contribution is -2.42. The summed E-state index contributed by atoms with van der Waals surface area (Å²) in [6.45, 7) is 0. The fourth-order valence-corrected chi connectivity index (χ4v) is 3.45. The van der Waals surface area contributed by atoms with Crippen LogP contribution in [-0.2, 0) is 13.5 Å². The molecule has 1 aliphatic rings. The molecule has 0 amide bonds. The molecule has 0 saturated carbocycles. The fraction of sp³-hybridized carbons (Fsp3) is 0.222. The van der Waals surface area contributed by atoms with E-state index in [1.807, 2.05) is 30.3 Å².